The summed E-state index contributed by atoms with van der Waals surface area (Å²) < 4.78 is 10.7. The van der Waals surface area contributed by atoms with Gasteiger partial charge >= 0.3 is 0 Å². The van der Waals surface area contributed by atoms with E-state index in [-0.39, 0.29) is 11.9 Å². The van der Waals surface area contributed by atoms with Gasteiger partial charge in [-0.15, -0.1) is 0 Å². The van der Waals surface area contributed by atoms with Crippen LogP contribution in [-0.4, -0.2) is 39.1 Å². The normalized spacial score (nSPS) is 11.5. The smallest absolute Gasteiger partial charge is 0.254 e. The first-order valence-electron chi connectivity index (χ1n) is 10.3. The summed E-state index contributed by atoms with van der Waals surface area (Å²) in [6.45, 7) is 2.54. The van der Waals surface area contributed by atoms with Crippen LogP contribution in [0.5, 0.6) is 11.5 Å². The topological polar surface area (TPSA) is 42.0 Å². The number of carbonyl (C=O) groups is 1. The summed E-state index contributed by atoms with van der Waals surface area (Å²) >= 11 is 0. The maximum absolute atomic E-state index is 13.7. The van der Waals surface area contributed by atoms with Gasteiger partial charge in [0.25, 0.3) is 5.91 Å². The van der Waals surface area contributed by atoms with Gasteiger partial charge in [0.15, 0.2) is 0 Å². The lowest BCUT2D eigenvalue weighted by molar-refractivity contribution is 0.0673. The van der Waals surface area contributed by atoms with E-state index in [2.05, 4.69) is 36.1 Å². The SMILES string of the molecule is COc1cc(OC)cc(C(=O)N(Cc2ccc(N(C)C)cc2)C(C)c2ccccc2)c1. The standard InChI is InChI=1S/C26H30N2O3/c1-19(21-9-7-6-8-10-21)28(18-20-11-13-23(14-12-20)27(2)3)26(29)22-15-24(30-4)17-25(16-22)31-5/h6-17,19H,18H2,1-5H3. The highest BCUT2D eigenvalue weighted by molar-refractivity contribution is 5.95. The quantitative estimate of drug-likeness (QED) is 0.506. The van der Waals surface area contributed by atoms with Crippen molar-refractivity contribution < 1.29 is 14.3 Å². The van der Waals surface area contributed by atoms with Gasteiger partial charge in [-0.3, -0.25) is 4.79 Å². The van der Waals surface area contributed by atoms with E-state index in [0.29, 0.717) is 23.6 Å². The molecule has 162 valence electrons. The Bertz CT molecular complexity index is 979. The summed E-state index contributed by atoms with van der Waals surface area (Å²) in [6.07, 6.45) is 0. The lowest BCUT2D eigenvalue weighted by Gasteiger charge is -2.30. The molecule has 5 heteroatoms. The van der Waals surface area contributed by atoms with Gasteiger partial charge in [0.05, 0.1) is 20.3 Å². The van der Waals surface area contributed by atoms with Gasteiger partial charge in [0.2, 0.25) is 0 Å². The van der Waals surface area contributed by atoms with E-state index in [4.69, 9.17) is 9.47 Å². The Hall–Kier alpha value is -3.47. The van der Waals surface area contributed by atoms with Crippen molar-refractivity contribution in [2.45, 2.75) is 19.5 Å². The van der Waals surface area contributed by atoms with Crippen LogP contribution >= 0.6 is 0 Å². The second kappa shape index (κ2) is 10.0. The summed E-state index contributed by atoms with van der Waals surface area (Å²) in [7, 11) is 7.19. The van der Waals surface area contributed by atoms with Crippen LogP contribution in [0.1, 0.15) is 34.5 Å². The number of ether oxygens (including phenoxy) is 2. The van der Waals surface area contributed by atoms with Crippen LogP contribution in [0.4, 0.5) is 5.69 Å². The highest BCUT2D eigenvalue weighted by Crippen LogP contribution is 2.29. The van der Waals surface area contributed by atoms with Crippen molar-refractivity contribution >= 4 is 11.6 Å². The van der Waals surface area contributed by atoms with Gasteiger partial charge in [-0.05, 0) is 42.3 Å². The van der Waals surface area contributed by atoms with Crippen LogP contribution in [0.25, 0.3) is 0 Å². The summed E-state index contributed by atoms with van der Waals surface area (Å²) in [5, 5.41) is 0. The average Bonchev–Trinajstić information content (AvgIpc) is 2.82. The van der Waals surface area contributed by atoms with E-state index in [1.807, 2.05) is 49.3 Å². The molecule has 0 N–H and O–H groups in total. The first-order chi connectivity index (χ1) is 14.9. The molecule has 5 nitrogen and oxygen atoms in total. The highest BCUT2D eigenvalue weighted by Gasteiger charge is 2.24. The molecule has 0 radical (unpaired) electrons. The molecular formula is C26H30N2O3. The van der Waals surface area contributed by atoms with Gasteiger partial charge in [-0.1, -0.05) is 42.5 Å². The Labute approximate surface area is 184 Å². The van der Waals surface area contributed by atoms with Crippen molar-refractivity contribution in [3.05, 3.63) is 89.5 Å². The minimum Gasteiger partial charge on any atom is -0.497 e. The van der Waals surface area contributed by atoms with Crippen molar-refractivity contribution in [3.8, 4) is 11.5 Å². The van der Waals surface area contributed by atoms with Crippen LogP contribution in [-0.2, 0) is 6.54 Å². The van der Waals surface area contributed by atoms with E-state index >= 15 is 0 Å². The van der Waals surface area contributed by atoms with Crippen molar-refractivity contribution in [2.75, 3.05) is 33.2 Å². The van der Waals surface area contributed by atoms with E-state index in [1.54, 1.807) is 32.4 Å². The number of nitrogens with zero attached hydrogens (tertiary/aromatic N) is 2. The number of hydrogen-bond donors (Lipinski definition) is 0. The average molecular weight is 419 g/mol. The van der Waals surface area contributed by atoms with Crippen molar-refractivity contribution in [3.63, 3.8) is 0 Å². The molecule has 0 aromatic heterocycles. The molecule has 31 heavy (non-hydrogen) atoms. The van der Waals surface area contributed by atoms with Gasteiger partial charge in [-0.2, -0.15) is 0 Å². The molecule has 3 aromatic rings. The Balaban J connectivity index is 1.98. The first-order valence-corrected chi connectivity index (χ1v) is 10.3. The van der Waals surface area contributed by atoms with E-state index in [0.717, 1.165) is 16.8 Å². The lowest BCUT2D eigenvalue weighted by Crippen LogP contribution is -2.33. The number of benzene rings is 3. The fraction of sp³-hybridized carbons (Fsp3) is 0.269. The number of carbonyl (C=O) groups excluding carboxylic acids is 1. The van der Waals surface area contributed by atoms with Crippen molar-refractivity contribution in [1.29, 1.82) is 0 Å². The monoisotopic (exact) mass is 418 g/mol. The molecule has 0 aliphatic heterocycles. The molecular weight excluding hydrogens is 388 g/mol. The second-order valence-electron chi connectivity index (χ2n) is 7.68. The molecule has 0 heterocycles. The Kier molecular flexibility index (Phi) is 7.19. The number of amides is 1. The third-order valence-corrected chi connectivity index (χ3v) is 5.41. The molecule has 3 rings (SSSR count). The summed E-state index contributed by atoms with van der Waals surface area (Å²) in [5.74, 6) is 1.10. The maximum Gasteiger partial charge on any atom is 0.254 e. The molecule has 0 saturated carbocycles. The van der Waals surface area contributed by atoms with E-state index in [9.17, 15) is 4.79 Å². The van der Waals surface area contributed by atoms with Gasteiger partial charge < -0.3 is 19.3 Å². The van der Waals surface area contributed by atoms with Crippen molar-refractivity contribution in [2.24, 2.45) is 0 Å². The maximum atomic E-state index is 13.7. The molecule has 3 aromatic carbocycles. The minimum atomic E-state index is -0.112. The Morgan fingerprint density at radius 1 is 0.871 bits per heavy atom. The summed E-state index contributed by atoms with van der Waals surface area (Å²) in [5.41, 5.74) is 3.80. The van der Waals surface area contributed by atoms with Crippen LogP contribution in [0.2, 0.25) is 0 Å². The predicted octanol–water partition coefficient (Wildman–Crippen LogP) is 5.17. The molecule has 0 spiro atoms. The Morgan fingerprint density at radius 2 is 1.45 bits per heavy atom. The lowest BCUT2D eigenvalue weighted by atomic mass is 10.0. The molecule has 0 aliphatic rings. The molecule has 1 unspecified atom stereocenters. The van der Waals surface area contributed by atoms with Crippen LogP contribution in [0, 0.1) is 0 Å². The van der Waals surface area contributed by atoms with Crippen LogP contribution in [0.15, 0.2) is 72.8 Å². The third kappa shape index (κ3) is 5.37. The number of hydrogen-bond acceptors (Lipinski definition) is 4. The highest BCUT2D eigenvalue weighted by atomic mass is 16.5. The second-order valence-corrected chi connectivity index (χ2v) is 7.68. The number of methoxy groups -OCH3 is 2. The fourth-order valence-electron chi connectivity index (χ4n) is 3.49. The molecule has 0 saturated heterocycles. The molecule has 1 amide bonds. The third-order valence-electron chi connectivity index (χ3n) is 5.41. The number of anilines is 1. The van der Waals surface area contributed by atoms with Crippen molar-refractivity contribution in [1.82, 2.24) is 4.90 Å². The largest absolute Gasteiger partial charge is 0.497 e. The summed E-state index contributed by atoms with van der Waals surface area (Å²) in [6, 6.07) is 23.5. The Morgan fingerprint density at radius 3 is 1.97 bits per heavy atom. The molecule has 0 aliphatic carbocycles. The zero-order valence-corrected chi connectivity index (χ0v) is 18.8. The predicted molar refractivity (Wildman–Crippen MR) is 125 cm³/mol. The molecule has 0 fully saturated rings. The zero-order chi connectivity index (χ0) is 22.4. The van der Waals surface area contributed by atoms with E-state index in [1.165, 1.54) is 0 Å². The first kappa shape index (κ1) is 22.2. The van der Waals surface area contributed by atoms with Crippen LogP contribution < -0.4 is 14.4 Å². The molecule has 0 bridgehead atoms. The van der Waals surface area contributed by atoms with Gasteiger partial charge in [0.1, 0.15) is 11.5 Å². The van der Waals surface area contributed by atoms with Gasteiger partial charge in [0, 0.05) is 38.0 Å². The number of rotatable bonds is 8. The fourth-order valence-corrected chi connectivity index (χ4v) is 3.49. The summed E-state index contributed by atoms with van der Waals surface area (Å²) in [4.78, 5) is 17.6. The zero-order valence-electron chi connectivity index (χ0n) is 18.8. The molecule has 1 atom stereocenters. The van der Waals surface area contributed by atoms with Crippen LogP contribution in [0.3, 0.4) is 0 Å². The van der Waals surface area contributed by atoms with E-state index < -0.39 is 0 Å². The van der Waals surface area contributed by atoms with Gasteiger partial charge in [-0.25, -0.2) is 0 Å². The minimum absolute atomic E-state index is 0.0785.